The molecule has 0 aromatic carbocycles. The second kappa shape index (κ2) is 3.86. The molecule has 6 heteroatoms. The summed E-state index contributed by atoms with van der Waals surface area (Å²) in [5.41, 5.74) is 4.05. The number of nitrogens with zero attached hydrogens (tertiary/aromatic N) is 4. The molecule has 6 nitrogen and oxygen atoms in total. The molecule has 0 aliphatic rings. The summed E-state index contributed by atoms with van der Waals surface area (Å²) in [7, 11) is 0. The van der Waals surface area contributed by atoms with Crippen molar-refractivity contribution in [3.05, 3.63) is 42.0 Å². The van der Waals surface area contributed by atoms with Crippen molar-refractivity contribution >= 4 is 21.9 Å². The minimum absolute atomic E-state index is 0.722. The molecule has 0 amide bonds. The zero-order chi connectivity index (χ0) is 13.7. The summed E-state index contributed by atoms with van der Waals surface area (Å²) in [5, 5.41) is 14.8. The van der Waals surface area contributed by atoms with Crippen molar-refractivity contribution in [2.45, 2.75) is 13.8 Å². The summed E-state index contributed by atoms with van der Waals surface area (Å²) in [6.07, 6.45) is 3.50. The third-order valence-electron chi connectivity index (χ3n) is 3.37. The van der Waals surface area contributed by atoms with Crippen LogP contribution in [-0.4, -0.2) is 25.3 Å². The Morgan fingerprint density at radius 1 is 1.10 bits per heavy atom. The van der Waals surface area contributed by atoms with Gasteiger partial charge in [0.1, 0.15) is 0 Å². The highest BCUT2D eigenvalue weighted by atomic mass is 15.3. The Kier molecular flexibility index (Phi) is 2.14. The molecule has 0 bridgehead atoms. The molecule has 0 saturated carbocycles. The molecular weight excluding hydrogens is 252 g/mol. The average molecular weight is 265 g/mol. The van der Waals surface area contributed by atoms with Gasteiger partial charge in [0.15, 0.2) is 0 Å². The molecular formula is C14H13N6+. The number of hydrogen-bond donors (Lipinski definition) is 2. The van der Waals surface area contributed by atoms with Gasteiger partial charge in [-0.2, -0.15) is 0 Å². The summed E-state index contributed by atoms with van der Waals surface area (Å²) in [6.45, 7) is 4.04. The molecule has 0 fully saturated rings. The molecule has 2 N–H and O–H groups in total. The number of nitrogens with one attached hydrogen (secondary N) is 2. The van der Waals surface area contributed by atoms with Crippen molar-refractivity contribution in [2.24, 2.45) is 0 Å². The third-order valence-corrected chi connectivity index (χ3v) is 3.37. The van der Waals surface area contributed by atoms with Crippen molar-refractivity contribution < 1.29 is 4.68 Å². The second-order valence-corrected chi connectivity index (χ2v) is 4.95. The fraction of sp³-hybridized carbons (Fsp3) is 0.143. The van der Waals surface area contributed by atoms with Crippen molar-refractivity contribution in [2.75, 3.05) is 0 Å². The number of fused-ring (bicyclic) bond motifs is 2. The number of H-pyrrole nitrogens is 2. The maximum Gasteiger partial charge on any atom is 0.322 e. The Balaban J connectivity index is 2.10. The highest BCUT2D eigenvalue weighted by Gasteiger charge is 2.19. The quantitative estimate of drug-likeness (QED) is 0.515. The van der Waals surface area contributed by atoms with Crippen LogP contribution in [0, 0.1) is 13.8 Å². The zero-order valence-corrected chi connectivity index (χ0v) is 11.2. The lowest BCUT2D eigenvalue weighted by Crippen LogP contribution is -2.37. The highest BCUT2D eigenvalue weighted by Crippen LogP contribution is 2.18. The highest BCUT2D eigenvalue weighted by molar-refractivity contribution is 5.85. The predicted octanol–water partition coefficient (Wildman–Crippen LogP) is 1.73. The van der Waals surface area contributed by atoms with E-state index in [1.807, 2.05) is 19.9 Å². The van der Waals surface area contributed by atoms with E-state index in [1.54, 1.807) is 17.1 Å². The monoisotopic (exact) mass is 265 g/mol. The largest absolute Gasteiger partial charge is 0.357 e. The van der Waals surface area contributed by atoms with Gasteiger partial charge in [-0.25, -0.2) is 0 Å². The molecule has 98 valence electrons. The van der Waals surface area contributed by atoms with Gasteiger partial charge in [-0.05, 0) is 32.0 Å². The van der Waals surface area contributed by atoms with Crippen LogP contribution in [0.15, 0.2) is 30.6 Å². The number of aryl methyl sites for hydroxylation is 2. The number of aromatic nitrogens is 6. The van der Waals surface area contributed by atoms with E-state index >= 15 is 0 Å². The van der Waals surface area contributed by atoms with Crippen LogP contribution in [0.3, 0.4) is 0 Å². The van der Waals surface area contributed by atoms with Crippen molar-refractivity contribution in [1.82, 2.24) is 25.3 Å². The molecule has 0 unspecified atom stereocenters. The second-order valence-electron chi connectivity index (χ2n) is 4.95. The van der Waals surface area contributed by atoms with Crippen LogP contribution in [0.1, 0.15) is 11.4 Å². The van der Waals surface area contributed by atoms with Gasteiger partial charge in [-0.15, -0.1) is 5.10 Å². The van der Waals surface area contributed by atoms with E-state index in [0.717, 1.165) is 39.1 Å². The molecule has 4 heterocycles. The normalized spacial score (nSPS) is 11.5. The van der Waals surface area contributed by atoms with Crippen LogP contribution in [0.2, 0.25) is 0 Å². The molecule has 4 rings (SSSR count). The Bertz CT molecular complexity index is 855. The lowest BCUT2D eigenvalue weighted by molar-refractivity contribution is -0.637. The van der Waals surface area contributed by atoms with E-state index in [4.69, 9.17) is 0 Å². The number of rotatable bonds is 1. The fourth-order valence-corrected chi connectivity index (χ4v) is 2.55. The van der Waals surface area contributed by atoms with Crippen molar-refractivity contribution in [3.8, 4) is 5.82 Å². The molecule has 4 aromatic heterocycles. The summed E-state index contributed by atoms with van der Waals surface area (Å²) in [4.78, 5) is 6.59. The first kappa shape index (κ1) is 11.1. The van der Waals surface area contributed by atoms with Gasteiger partial charge in [0.2, 0.25) is 0 Å². The van der Waals surface area contributed by atoms with Gasteiger partial charge in [0, 0.05) is 10.8 Å². The molecule has 0 aliphatic heterocycles. The summed E-state index contributed by atoms with van der Waals surface area (Å²) < 4.78 is 1.80. The van der Waals surface area contributed by atoms with Gasteiger partial charge in [0.25, 0.3) is 5.65 Å². The minimum Gasteiger partial charge on any atom is -0.357 e. The maximum atomic E-state index is 4.42. The summed E-state index contributed by atoms with van der Waals surface area (Å²) in [6, 6.07) is 6.12. The van der Waals surface area contributed by atoms with Crippen LogP contribution in [0.25, 0.3) is 27.8 Å². The average Bonchev–Trinajstić information content (AvgIpc) is 2.98. The molecule has 20 heavy (non-hydrogen) atoms. The van der Waals surface area contributed by atoms with Crippen LogP contribution < -0.4 is 4.68 Å². The summed E-state index contributed by atoms with van der Waals surface area (Å²) in [5.74, 6) is 0.722. The summed E-state index contributed by atoms with van der Waals surface area (Å²) >= 11 is 0. The van der Waals surface area contributed by atoms with Gasteiger partial charge in [-0.1, -0.05) is 9.78 Å². The molecule has 0 atom stereocenters. The maximum absolute atomic E-state index is 4.42. The first-order chi connectivity index (χ1) is 9.72. The van der Waals surface area contributed by atoms with Crippen LogP contribution in [-0.2, 0) is 0 Å². The van der Waals surface area contributed by atoms with E-state index in [9.17, 15) is 0 Å². The van der Waals surface area contributed by atoms with Gasteiger partial charge >= 0.3 is 5.82 Å². The van der Waals surface area contributed by atoms with E-state index in [1.165, 1.54) is 0 Å². The van der Waals surface area contributed by atoms with Crippen LogP contribution in [0.4, 0.5) is 0 Å². The van der Waals surface area contributed by atoms with Crippen LogP contribution in [0.5, 0.6) is 0 Å². The lowest BCUT2D eigenvalue weighted by Gasteiger charge is -1.98. The smallest absolute Gasteiger partial charge is 0.322 e. The van der Waals surface area contributed by atoms with E-state index in [-0.39, 0.29) is 0 Å². The van der Waals surface area contributed by atoms with Gasteiger partial charge in [-0.3, -0.25) is 4.98 Å². The lowest BCUT2D eigenvalue weighted by atomic mass is 10.3. The standard InChI is InChI=1S/C14H12N6/c1-8-5-10-3-4-16-20(13(10)18-8)14-11-6-9(2)17-12(11)7-15-19-14/h3-7H,1-2H3,(H,15,17,19)/p+1. The van der Waals surface area contributed by atoms with Crippen LogP contribution >= 0.6 is 0 Å². The first-order valence-corrected chi connectivity index (χ1v) is 6.40. The van der Waals surface area contributed by atoms with E-state index in [2.05, 4.69) is 37.4 Å². The number of aromatic amines is 2. The number of hydrogen-bond acceptors (Lipinski definition) is 3. The molecule has 0 aliphatic carbocycles. The minimum atomic E-state index is 0.722. The Hall–Kier alpha value is -2.76. The van der Waals surface area contributed by atoms with Crippen molar-refractivity contribution in [1.29, 1.82) is 0 Å². The Morgan fingerprint density at radius 2 is 1.95 bits per heavy atom. The predicted molar refractivity (Wildman–Crippen MR) is 74.5 cm³/mol. The molecule has 4 aromatic rings. The third kappa shape index (κ3) is 1.51. The fourth-order valence-electron chi connectivity index (χ4n) is 2.55. The van der Waals surface area contributed by atoms with Crippen molar-refractivity contribution in [3.63, 3.8) is 0 Å². The van der Waals surface area contributed by atoms with E-state index < -0.39 is 0 Å². The first-order valence-electron chi connectivity index (χ1n) is 6.40. The Labute approximate surface area is 114 Å². The molecule has 0 saturated heterocycles. The molecule has 0 radical (unpaired) electrons. The SMILES string of the molecule is Cc1cc2c(-[n+]3nccc4cc(C)[nH]c43)nncc2[nH]1. The zero-order valence-electron chi connectivity index (χ0n) is 11.2. The topological polar surface area (TPSA) is 74.1 Å². The van der Waals surface area contributed by atoms with Gasteiger partial charge in [0.05, 0.1) is 34.4 Å². The van der Waals surface area contributed by atoms with E-state index in [0.29, 0.717) is 0 Å². The molecule has 0 spiro atoms. The Morgan fingerprint density at radius 3 is 2.85 bits per heavy atom. The van der Waals surface area contributed by atoms with Gasteiger partial charge < -0.3 is 4.98 Å².